The van der Waals surface area contributed by atoms with Gasteiger partial charge in [-0.3, -0.25) is 0 Å². The van der Waals surface area contributed by atoms with Crippen molar-refractivity contribution in [3.63, 3.8) is 0 Å². The van der Waals surface area contributed by atoms with Crippen LogP contribution in [0.15, 0.2) is 22.4 Å². The topological polar surface area (TPSA) is 61.2 Å². The average molecular weight is 167 g/mol. The van der Waals surface area contributed by atoms with Crippen molar-refractivity contribution in [1.82, 2.24) is 9.97 Å². The molecule has 0 spiro atoms. The van der Waals surface area contributed by atoms with Crippen molar-refractivity contribution in [2.45, 2.75) is 4.90 Å². The van der Waals surface area contributed by atoms with Gasteiger partial charge < -0.3 is 4.55 Å². The van der Waals surface area contributed by atoms with Crippen LogP contribution in [-0.4, -0.2) is 26.5 Å². The molecule has 0 saturated heterocycles. The second-order valence-corrected chi connectivity index (χ2v) is 3.50. The lowest BCUT2D eigenvalue weighted by Crippen LogP contribution is -2.12. The van der Waals surface area contributed by atoms with E-state index >= 15 is 0 Å². The van der Waals surface area contributed by atoms with E-state index in [1.807, 2.05) is 0 Å². The third-order valence-electron chi connectivity index (χ3n) is 1.34. The van der Waals surface area contributed by atoms with Crippen molar-refractivity contribution in [1.29, 1.82) is 0 Å². The maximum Gasteiger partial charge on any atom is 0.215 e. The summed E-state index contributed by atoms with van der Waals surface area (Å²) in [7, 11) is 0. The predicted molar refractivity (Wildman–Crippen MR) is 41.5 cm³/mol. The molecule has 1 aromatic rings. The molecule has 1 unspecified atom stereocenters. The van der Waals surface area contributed by atoms with Gasteiger partial charge in [-0.1, -0.05) is 0 Å². The molecule has 2 heterocycles. The first kappa shape index (κ1) is 6.75. The minimum atomic E-state index is -0.989. The van der Waals surface area contributed by atoms with Crippen LogP contribution in [0, 0.1) is 0 Å². The van der Waals surface area contributed by atoms with Crippen LogP contribution in [0.1, 0.15) is 0 Å². The van der Waals surface area contributed by atoms with Crippen molar-refractivity contribution < 1.29 is 4.55 Å². The monoisotopic (exact) mass is 167 g/mol. The summed E-state index contributed by atoms with van der Waals surface area (Å²) in [4.78, 5) is 12.2. The van der Waals surface area contributed by atoms with E-state index in [1.165, 1.54) is 6.33 Å². The summed E-state index contributed by atoms with van der Waals surface area (Å²) in [6, 6.07) is 0. The van der Waals surface area contributed by atoms with Crippen LogP contribution in [0.25, 0.3) is 0 Å². The Bertz CT molecular complexity index is 302. The Hall–Kier alpha value is -0.940. The first-order valence-electron chi connectivity index (χ1n) is 3.09. The summed E-state index contributed by atoms with van der Waals surface area (Å²) < 4.78 is 11.2. The van der Waals surface area contributed by atoms with E-state index < -0.39 is 11.2 Å². The zero-order valence-corrected chi connectivity index (χ0v) is 6.41. The predicted octanol–water partition coefficient (Wildman–Crippen LogP) is 0.300. The Morgan fingerprint density at radius 1 is 1.55 bits per heavy atom. The van der Waals surface area contributed by atoms with Gasteiger partial charge in [0.2, 0.25) is 10.7 Å². The number of aliphatic imine (C=N–C) groups is 1. The van der Waals surface area contributed by atoms with Gasteiger partial charge in [0.05, 0.1) is 12.4 Å². The maximum atomic E-state index is 11.2. The summed E-state index contributed by atoms with van der Waals surface area (Å²) in [5, 5.41) is 0. The molecule has 5 heteroatoms. The Labute approximate surface area is 66.6 Å². The molecule has 1 aliphatic rings. The van der Waals surface area contributed by atoms with Crippen molar-refractivity contribution in [2.24, 2.45) is 4.99 Å². The molecule has 1 atom stereocenters. The summed E-state index contributed by atoms with van der Waals surface area (Å²) in [5.41, 5.74) is 0. The van der Waals surface area contributed by atoms with Crippen molar-refractivity contribution in [3.8, 4) is 0 Å². The third-order valence-corrected chi connectivity index (χ3v) is 2.57. The number of aromatic nitrogens is 2. The fourth-order valence-corrected chi connectivity index (χ4v) is 1.73. The first-order valence-corrected chi connectivity index (χ1v) is 4.41. The summed E-state index contributed by atoms with van der Waals surface area (Å²) in [6.45, 7) is 0. The maximum absolute atomic E-state index is 11.2. The Balaban J connectivity index is 2.54. The van der Waals surface area contributed by atoms with Gasteiger partial charge in [0.15, 0.2) is 0 Å². The van der Waals surface area contributed by atoms with Gasteiger partial charge >= 0.3 is 0 Å². The zero-order chi connectivity index (χ0) is 7.68. The van der Waals surface area contributed by atoms with E-state index in [0.29, 0.717) is 16.5 Å². The smallest absolute Gasteiger partial charge is 0.215 e. The molecule has 11 heavy (non-hydrogen) atoms. The van der Waals surface area contributed by atoms with Crippen molar-refractivity contribution >= 4 is 23.2 Å². The molecule has 0 aliphatic carbocycles. The van der Waals surface area contributed by atoms with Gasteiger partial charge in [-0.25, -0.2) is 15.0 Å². The standard InChI is InChI=1S/C6H5N3OS/c10-11-2-1-8-6-5(11)3-7-4-9-6/h1,3-4H,2H2. The fraction of sp³-hybridized carbons (Fsp3) is 0.167. The van der Waals surface area contributed by atoms with Gasteiger partial charge in [0, 0.05) is 0 Å². The molecule has 0 radical (unpaired) electrons. The second-order valence-electron chi connectivity index (χ2n) is 2.03. The third kappa shape index (κ3) is 1.12. The van der Waals surface area contributed by atoms with Crippen LogP contribution in [0.5, 0.6) is 0 Å². The van der Waals surface area contributed by atoms with E-state index in [9.17, 15) is 4.55 Å². The van der Waals surface area contributed by atoms with Crippen LogP contribution in [0.3, 0.4) is 0 Å². The lowest BCUT2D eigenvalue weighted by Gasteiger charge is -2.11. The molecule has 4 nitrogen and oxygen atoms in total. The van der Waals surface area contributed by atoms with Gasteiger partial charge in [0.1, 0.15) is 12.1 Å². The van der Waals surface area contributed by atoms with E-state index in [1.54, 1.807) is 12.4 Å². The molecule has 0 amide bonds. The molecule has 0 bridgehead atoms. The van der Waals surface area contributed by atoms with Crippen LogP contribution in [0.2, 0.25) is 0 Å². The number of nitrogens with zero attached hydrogens (tertiary/aromatic N) is 3. The molecule has 1 aliphatic heterocycles. The molecule has 0 N–H and O–H groups in total. The van der Waals surface area contributed by atoms with Crippen molar-refractivity contribution in [2.75, 3.05) is 5.75 Å². The molecule has 1 aromatic heterocycles. The minimum absolute atomic E-state index is 0.473. The molecule has 0 fully saturated rings. The van der Waals surface area contributed by atoms with Crippen LogP contribution >= 0.6 is 0 Å². The van der Waals surface area contributed by atoms with Crippen LogP contribution in [-0.2, 0) is 11.2 Å². The van der Waals surface area contributed by atoms with E-state index in [-0.39, 0.29) is 0 Å². The Morgan fingerprint density at radius 3 is 3.27 bits per heavy atom. The number of hydrogen-bond donors (Lipinski definition) is 0. The fourth-order valence-electron chi connectivity index (χ4n) is 0.849. The van der Waals surface area contributed by atoms with Crippen LogP contribution < -0.4 is 0 Å². The molecule has 56 valence electrons. The number of fused-ring (bicyclic) bond motifs is 1. The largest absolute Gasteiger partial charge is 0.611 e. The number of rotatable bonds is 0. The highest BCUT2D eigenvalue weighted by Gasteiger charge is 2.19. The van der Waals surface area contributed by atoms with Crippen LogP contribution in [0.4, 0.5) is 5.82 Å². The highest BCUT2D eigenvalue weighted by molar-refractivity contribution is 7.92. The zero-order valence-electron chi connectivity index (χ0n) is 5.60. The van der Waals surface area contributed by atoms with E-state index in [4.69, 9.17) is 0 Å². The summed E-state index contributed by atoms with van der Waals surface area (Å²) in [5.74, 6) is 1.00. The minimum Gasteiger partial charge on any atom is -0.611 e. The van der Waals surface area contributed by atoms with Crippen molar-refractivity contribution in [3.05, 3.63) is 12.5 Å². The Kier molecular flexibility index (Phi) is 1.59. The normalized spacial score (nSPS) is 21.4. The van der Waals surface area contributed by atoms with Gasteiger partial charge in [-0.15, -0.1) is 0 Å². The molecule has 0 aromatic carbocycles. The molecular weight excluding hydrogens is 162 g/mol. The lowest BCUT2D eigenvalue weighted by atomic mass is 10.6. The summed E-state index contributed by atoms with van der Waals surface area (Å²) in [6.07, 6.45) is 4.57. The van der Waals surface area contributed by atoms with Gasteiger partial charge in [-0.2, -0.15) is 0 Å². The first-order chi connectivity index (χ1) is 5.38. The highest BCUT2D eigenvalue weighted by Crippen LogP contribution is 2.23. The SMILES string of the molecule is [O-][S+]1CC=Nc2ncncc21. The highest BCUT2D eigenvalue weighted by atomic mass is 32.2. The van der Waals surface area contributed by atoms with E-state index in [0.717, 1.165) is 0 Å². The average Bonchev–Trinajstić information content (AvgIpc) is 2.06. The quantitative estimate of drug-likeness (QED) is 0.522. The molecule has 0 saturated carbocycles. The molecular formula is C6H5N3OS. The molecule has 2 rings (SSSR count). The number of hydrogen-bond acceptors (Lipinski definition) is 4. The van der Waals surface area contributed by atoms with Gasteiger partial charge in [0.25, 0.3) is 0 Å². The van der Waals surface area contributed by atoms with Gasteiger partial charge in [-0.05, 0) is 11.2 Å². The van der Waals surface area contributed by atoms with E-state index in [2.05, 4.69) is 15.0 Å². The lowest BCUT2D eigenvalue weighted by molar-refractivity contribution is 0.597. The Morgan fingerprint density at radius 2 is 2.45 bits per heavy atom. The summed E-state index contributed by atoms with van der Waals surface area (Å²) >= 11 is -0.989. The second kappa shape index (κ2) is 2.60.